The molecule has 0 bridgehead atoms. The SMILES string of the molecule is C/C=C(/C)S/C(=C/CC)c1cccc(Cl)c1.O=CO. The zero-order chi connectivity index (χ0) is 14.7. The van der Waals surface area contributed by atoms with Crippen molar-refractivity contribution in [2.45, 2.75) is 27.2 Å². The van der Waals surface area contributed by atoms with Crippen molar-refractivity contribution < 1.29 is 9.90 Å². The van der Waals surface area contributed by atoms with E-state index in [2.05, 4.69) is 39.0 Å². The number of carboxylic acid groups (broad SMARTS) is 1. The highest BCUT2D eigenvalue weighted by Crippen LogP contribution is 2.34. The van der Waals surface area contributed by atoms with Crippen LogP contribution in [0.2, 0.25) is 5.02 Å². The summed E-state index contributed by atoms with van der Waals surface area (Å²) in [5, 5.41) is 7.68. The quantitative estimate of drug-likeness (QED) is 0.751. The molecular weight excluding hydrogens is 280 g/mol. The van der Waals surface area contributed by atoms with E-state index in [9.17, 15) is 0 Å². The Morgan fingerprint density at radius 3 is 2.58 bits per heavy atom. The molecule has 0 saturated heterocycles. The van der Waals surface area contributed by atoms with Crippen molar-refractivity contribution in [1.82, 2.24) is 0 Å². The molecule has 1 aromatic rings. The van der Waals surface area contributed by atoms with Crippen LogP contribution in [0.3, 0.4) is 0 Å². The van der Waals surface area contributed by atoms with E-state index in [4.69, 9.17) is 21.5 Å². The van der Waals surface area contributed by atoms with Crippen molar-refractivity contribution in [2.75, 3.05) is 0 Å². The zero-order valence-corrected chi connectivity index (χ0v) is 13.0. The van der Waals surface area contributed by atoms with Crippen LogP contribution < -0.4 is 0 Å². The van der Waals surface area contributed by atoms with Gasteiger partial charge in [-0.3, -0.25) is 4.79 Å². The Kier molecular flexibility index (Phi) is 10.0. The monoisotopic (exact) mass is 298 g/mol. The van der Waals surface area contributed by atoms with Crippen LogP contribution in [0.5, 0.6) is 0 Å². The molecule has 19 heavy (non-hydrogen) atoms. The molecule has 0 aliphatic carbocycles. The molecule has 0 saturated carbocycles. The van der Waals surface area contributed by atoms with Gasteiger partial charge in [-0.1, -0.05) is 54.6 Å². The summed E-state index contributed by atoms with van der Waals surface area (Å²) < 4.78 is 0. The molecule has 1 aromatic carbocycles. The molecule has 1 N–H and O–H groups in total. The Balaban J connectivity index is 0.000000982. The summed E-state index contributed by atoms with van der Waals surface area (Å²) in [6.45, 7) is 6.08. The van der Waals surface area contributed by atoms with E-state index in [0.29, 0.717) is 0 Å². The Bertz CT molecular complexity index is 453. The molecule has 1 rings (SSSR count). The van der Waals surface area contributed by atoms with Crippen LogP contribution in [-0.2, 0) is 4.79 Å². The summed E-state index contributed by atoms with van der Waals surface area (Å²) in [5.74, 6) is 0. The number of carbonyl (C=O) groups is 1. The largest absolute Gasteiger partial charge is 0.483 e. The summed E-state index contributed by atoms with van der Waals surface area (Å²) in [5.41, 5.74) is 1.19. The highest BCUT2D eigenvalue weighted by Gasteiger charge is 2.03. The lowest BCUT2D eigenvalue weighted by Crippen LogP contribution is -1.81. The first-order valence-electron chi connectivity index (χ1n) is 5.93. The first-order valence-corrected chi connectivity index (χ1v) is 7.13. The highest BCUT2D eigenvalue weighted by atomic mass is 35.5. The molecule has 104 valence electrons. The van der Waals surface area contributed by atoms with Crippen molar-refractivity contribution in [3.8, 4) is 0 Å². The average molecular weight is 299 g/mol. The lowest BCUT2D eigenvalue weighted by atomic mass is 10.2. The van der Waals surface area contributed by atoms with Gasteiger partial charge < -0.3 is 5.11 Å². The topological polar surface area (TPSA) is 37.3 Å². The molecule has 0 amide bonds. The molecule has 0 unspecified atom stereocenters. The van der Waals surface area contributed by atoms with Crippen LogP contribution >= 0.6 is 23.4 Å². The maximum atomic E-state index is 8.36. The van der Waals surface area contributed by atoms with Gasteiger partial charge in [-0.25, -0.2) is 0 Å². The number of halogens is 1. The van der Waals surface area contributed by atoms with Crippen molar-refractivity contribution in [3.63, 3.8) is 0 Å². The van der Waals surface area contributed by atoms with Crippen LogP contribution in [0.15, 0.2) is 41.3 Å². The summed E-state index contributed by atoms with van der Waals surface area (Å²) in [6, 6.07) is 8.01. The van der Waals surface area contributed by atoms with Crippen LogP contribution in [0.25, 0.3) is 4.91 Å². The molecule has 4 heteroatoms. The Hall–Kier alpha value is -1.19. The van der Waals surface area contributed by atoms with E-state index < -0.39 is 0 Å². The lowest BCUT2D eigenvalue weighted by molar-refractivity contribution is -0.122. The number of thioether (sulfide) groups is 1. The molecule has 2 nitrogen and oxygen atoms in total. The van der Waals surface area contributed by atoms with E-state index in [1.165, 1.54) is 15.4 Å². The minimum absolute atomic E-state index is 0.250. The number of hydrogen-bond donors (Lipinski definition) is 1. The van der Waals surface area contributed by atoms with Crippen molar-refractivity contribution in [2.24, 2.45) is 0 Å². The zero-order valence-electron chi connectivity index (χ0n) is 11.4. The molecule has 0 atom stereocenters. The van der Waals surface area contributed by atoms with Gasteiger partial charge in [-0.15, -0.1) is 0 Å². The third kappa shape index (κ3) is 7.75. The van der Waals surface area contributed by atoms with Crippen LogP contribution in [-0.4, -0.2) is 11.6 Å². The van der Waals surface area contributed by atoms with Gasteiger partial charge in [-0.05, 0) is 42.9 Å². The molecule has 0 radical (unpaired) electrons. The fraction of sp³-hybridized carbons (Fsp3) is 0.267. The fourth-order valence-corrected chi connectivity index (χ4v) is 2.43. The minimum atomic E-state index is -0.250. The van der Waals surface area contributed by atoms with Gasteiger partial charge in [0.25, 0.3) is 6.47 Å². The number of rotatable bonds is 4. The van der Waals surface area contributed by atoms with Gasteiger partial charge in [0.05, 0.1) is 0 Å². The summed E-state index contributed by atoms with van der Waals surface area (Å²) >= 11 is 7.80. The smallest absolute Gasteiger partial charge is 0.290 e. The maximum Gasteiger partial charge on any atom is 0.290 e. The van der Waals surface area contributed by atoms with E-state index in [-0.39, 0.29) is 6.47 Å². The summed E-state index contributed by atoms with van der Waals surface area (Å²) in [4.78, 5) is 10.9. The van der Waals surface area contributed by atoms with Gasteiger partial charge in [0.15, 0.2) is 0 Å². The van der Waals surface area contributed by atoms with Gasteiger partial charge in [0, 0.05) is 9.93 Å². The van der Waals surface area contributed by atoms with E-state index in [1.54, 1.807) is 11.8 Å². The van der Waals surface area contributed by atoms with Crippen LogP contribution in [0, 0.1) is 0 Å². The molecule has 0 aliphatic rings. The minimum Gasteiger partial charge on any atom is -0.483 e. The molecule has 0 spiro atoms. The molecule has 0 aromatic heterocycles. The number of benzene rings is 1. The molecule has 0 aliphatic heterocycles. The standard InChI is InChI=1S/C14H17ClS.CH2O2/c1-4-7-14(16-11(3)5-2)12-8-6-9-13(15)10-12;2-1-3/h5-10H,4H2,1-3H3;1H,(H,2,3)/b11-5-,14-7+;. The Morgan fingerprint density at radius 2 is 2.11 bits per heavy atom. The Morgan fingerprint density at radius 1 is 1.47 bits per heavy atom. The van der Waals surface area contributed by atoms with Gasteiger partial charge in [0.2, 0.25) is 0 Å². The average Bonchev–Trinajstić information content (AvgIpc) is 2.39. The predicted octanol–water partition coefficient (Wildman–Crippen LogP) is 5.45. The second kappa shape index (κ2) is 10.7. The maximum absolute atomic E-state index is 8.36. The third-order valence-electron chi connectivity index (χ3n) is 2.18. The van der Waals surface area contributed by atoms with Crippen molar-refractivity contribution in [1.29, 1.82) is 0 Å². The van der Waals surface area contributed by atoms with Crippen molar-refractivity contribution >= 4 is 34.7 Å². The van der Waals surface area contributed by atoms with E-state index in [1.807, 2.05) is 18.2 Å². The first-order chi connectivity index (χ1) is 9.08. The molecular formula is C15H19ClO2S. The number of allylic oxidation sites excluding steroid dienone is 3. The molecule has 0 heterocycles. The van der Waals surface area contributed by atoms with Gasteiger partial charge in [-0.2, -0.15) is 0 Å². The van der Waals surface area contributed by atoms with Gasteiger partial charge in [0.1, 0.15) is 0 Å². The summed E-state index contributed by atoms with van der Waals surface area (Å²) in [7, 11) is 0. The highest BCUT2D eigenvalue weighted by molar-refractivity contribution is 8.11. The van der Waals surface area contributed by atoms with E-state index in [0.717, 1.165) is 11.4 Å². The van der Waals surface area contributed by atoms with Crippen LogP contribution in [0.1, 0.15) is 32.8 Å². The van der Waals surface area contributed by atoms with E-state index >= 15 is 0 Å². The second-order valence-corrected chi connectivity index (χ2v) is 5.32. The number of hydrogen-bond acceptors (Lipinski definition) is 2. The second-order valence-electron chi connectivity index (χ2n) is 3.59. The van der Waals surface area contributed by atoms with Crippen LogP contribution in [0.4, 0.5) is 0 Å². The van der Waals surface area contributed by atoms with Crippen molar-refractivity contribution in [3.05, 3.63) is 51.9 Å². The normalized spacial score (nSPS) is 11.6. The molecule has 0 fully saturated rings. The fourth-order valence-electron chi connectivity index (χ4n) is 1.28. The third-order valence-corrected chi connectivity index (χ3v) is 3.59. The van der Waals surface area contributed by atoms with Gasteiger partial charge >= 0.3 is 0 Å². The Labute approximate surface area is 124 Å². The first kappa shape index (κ1) is 17.8. The lowest BCUT2D eigenvalue weighted by Gasteiger charge is -2.08. The predicted molar refractivity (Wildman–Crippen MR) is 85.4 cm³/mol. The summed E-state index contributed by atoms with van der Waals surface area (Å²) in [6.07, 6.45) is 5.40.